The SMILES string of the molecule is CCn1nncc1C(=O)Cc1c(C)nn(C)c1C. The minimum absolute atomic E-state index is 0.0288. The van der Waals surface area contributed by atoms with Crippen molar-refractivity contribution in [1.29, 1.82) is 0 Å². The predicted octanol–water partition coefficient (Wildman–Crippen LogP) is 1.07. The topological polar surface area (TPSA) is 65.6 Å². The van der Waals surface area contributed by atoms with Gasteiger partial charge in [0.2, 0.25) is 0 Å². The summed E-state index contributed by atoms with van der Waals surface area (Å²) in [5, 5.41) is 12.0. The van der Waals surface area contributed by atoms with Crippen molar-refractivity contribution in [3.8, 4) is 0 Å². The van der Waals surface area contributed by atoms with Gasteiger partial charge in [-0.1, -0.05) is 5.21 Å². The van der Waals surface area contributed by atoms with Gasteiger partial charge in [-0.3, -0.25) is 9.48 Å². The van der Waals surface area contributed by atoms with Crippen LogP contribution < -0.4 is 0 Å². The van der Waals surface area contributed by atoms with Gasteiger partial charge in [0.15, 0.2) is 5.78 Å². The zero-order valence-corrected chi connectivity index (χ0v) is 11.1. The molecule has 96 valence electrons. The van der Waals surface area contributed by atoms with Crippen LogP contribution in [0, 0.1) is 13.8 Å². The molecule has 0 radical (unpaired) electrons. The molecule has 2 heterocycles. The van der Waals surface area contributed by atoms with Crippen LogP contribution in [0.5, 0.6) is 0 Å². The number of rotatable bonds is 4. The maximum atomic E-state index is 12.2. The number of carbonyl (C=O) groups is 1. The van der Waals surface area contributed by atoms with E-state index in [1.165, 1.54) is 6.20 Å². The number of nitrogens with zero attached hydrogens (tertiary/aromatic N) is 5. The van der Waals surface area contributed by atoms with E-state index in [-0.39, 0.29) is 5.78 Å². The molecule has 0 fully saturated rings. The predicted molar refractivity (Wildman–Crippen MR) is 66.4 cm³/mol. The van der Waals surface area contributed by atoms with Gasteiger partial charge in [-0.2, -0.15) is 5.10 Å². The summed E-state index contributed by atoms with van der Waals surface area (Å²) in [6.07, 6.45) is 1.87. The molecule has 0 bridgehead atoms. The fraction of sp³-hybridized carbons (Fsp3) is 0.500. The quantitative estimate of drug-likeness (QED) is 0.758. The van der Waals surface area contributed by atoms with E-state index in [1.807, 2.05) is 27.8 Å². The fourth-order valence-corrected chi connectivity index (χ4v) is 2.03. The molecule has 0 amide bonds. The van der Waals surface area contributed by atoms with Gasteiger partial charge in [0.05, 0.1) is 11.9 Å². The molecule has 0 saturated heterocycles. The molecule has 0 aromatic carbocycles. The third-order valence-corrected chi connectivity index (χ3v) is 3.20. The van der Waals surface area contributed by atoms with Gasteiger partial charge >= 0.3 is 0 Å². The van der Waals surface area contributed by atoms with Crippen molar-refractivity contribution in [2.45, 2.75) is 33.7 Å². The van der Waals surface area contributed by atoms with Gasteiger partial charge in [0, 0.05) is 31.3 Å². The second kappa shape index (κ2) is 4.72. The first kappa shape index (κ1) is 12.5. The van der Waals surface area contributed by atoms with E-state index < -0.39 is 0 Å². The highest BCUT2D eigenvalue weighted by molar-refractivity contribution is 5.95. The third kappa shape index (κ3) is 2.05. The third-order valence-electron chi connectivity index (χ3n) is 3.20. The summed E-state index contributed by atoms with van der Waals surface area (Å²) >= 11 is 0. The van der Waals surface area contributed by atoms with Gasteiger partial charge in [0.25, 0.3) is 0 Å². The first-order valence-electron chi connectivity index (χ1n) is 5.95. The zero-order valence-electron chi connectivity index (χ0n) is 11.1. The number of Topliss-reactive ketones (excluding diaryl/α,β-unsaturated/α-hetero) is 1. The molecule has 0 atom stereocenters. The average Bonchev–Trinajstić information content (AvgIpc) is 2.90. The van der Waals surface area contributed by atoms with Crippen LogP contribution in [0.1, 0.15) is 34.4 Å². The summed E-state index contributed by atoms with van der Waals surface area (Å²) in [4.78, 5) is 12.2. The van der Waals surface area contributed by atoms with E-state index in [0.717, 1.165) is 17.0 Å². The van der Waals surface area contributed by atoms with Crippen molar-refractivity contribution in [2.75, 3.05) is 0 Å². The summed E-state index contributed by atoms with van der Waals surface area (Å²) in [5.41, 5.74) is 3.47. The minimum Gasteiger partial charge on any atom is -0.292 e. The summed E-state index contributed by atoms with van der Waals surface area (Å²) < 4.78 is 3.41. The van der Waals surface area contributed by atoms with Crippen LogP contribution in [0.15, 0.2) is 6.20 Å². The van der Waals surface area contributed by atoms with Crippen molar-refractivity contribution in [3.05, 3.63) is 28.8 Å². The van der Waals surface area contributed by atoms with Crippen LogP contribution in [0.3, 0.4) is 0 Å². The van der Waals surface area contributed by atoms with E-state index >= 15 is 0 Å². The van der Waals surface area contributed by atoms with Crippen molar-refractivity contribution >= 4 is 5.78 Å². The van der Waals surface area contributed by atoms with Crippen molar-refractivity contribution in [2.24, 2.45) is 7.05 Å². The second-order valence-corrected chi connectivity index (χ2v) is 4.31. The van der Waals surface area contributed by atoms with Gasteiger partial charge in [-0.15, -0.1) is 5.10 Å². The first-order chi connectivity index (χ1) is 8.54. The molecule has 0 unspecified atom stereocenters. The van der Waals surface area contributed by atoms with Gasteiger partial charge < -0.3 is 0 Å². The van der Waals surface area contributed by atoms with Crippen molar-refractivity contribution in [3.63, 3.8) is 0 Å². The lowest BCUT2D eigenvalue weighted by molar-refractivity contribution is 0.0982. The molecule has 0 N–H and O–H groups in total. The molecule has 2 rings (SSSR count). The Bertz CT molecular complexity index is 581. The second-order valence-electron chi connectivity index (χ2n) is 4.31. The lowest BCUT2D eigenvalue weighted by atomic mass is 10.1. The van der Waals surface area contributed by atoms with Crippen LogP contribution in [0.25, 0.3) is 0 Å². The van der Waals surface area contributed by atoms with Crippen LogP contribution in [-0.4, -0.2) is 30.6 Å². The molecule has 0 aliphatic carbocycles. The van der Waals surface area contributed by atoms with E-state index in [4.69, 9.17) is 0 Å². The number of hydrogen-bond acceptors (Lipinski definition) is 4. The molecule has 0 saturated carbocycles. The van der Waals surface area contributed by atoms with Crippen molar-refractivity contribution < 1.29 is 4.79 Å². The van der Waals surface area contributed by atoms with Gasteiger partial charge in [-0.25, -0.2) is 4.68 Å². The van der Waals surface area contributed by atoms with E-state index in [9.17, 15) is 4.79 Å². The van der Waals surface area contributed by atoms with E-state index in [2.05, 4.69) is 15.4 Å². The highest BCUT2D eigenvalue weighted by Crippen LogP contribution is 2.15. The van der Waals surface area contributed by atoms with Crippen molar-refractivity contribution in [1.82, 2.24) is 24.8 Å². The van der Waals surface area contributed by atoms with E-state index in [1.54, 1.807) is 9.36 Å². The number of aromatic nitrogens is 5. The largest absolute Gasteiger partial charge is 0.292 e. The molecule has 6 nitrogen and oxygen atoms in total. The highest BCUT2D eigenvalue weighted by Gasteiger charge is 2.17. The summed E-state index contributed by atoms with van der Waals surface area (Å²) in [6.45, 7) is 6.47. The Morgan fingerprint density at radius 1 is 1.39 bits per heavy atom. The van der Waals surface area contributed by atoms with Crippen LogP contribution in [0.4, 0.5) is 0 Å². The standard InChI is InChI=1S/C12H17N5O/c1-5-17-11(7-13-15-17)12(18)6-10-8(2)14-16(4)9(10)3/h7H,5-6H2,1-4H3. The van der Waals surface area contributed by atoms with Crippen LogP contribution >= 0.6 is 0 Å². The molecule has 2 aromatic rings. The Morgan fingerprint density at radius 3 is 2.67 bits per heavy atom. The highest BCUT2D eigenvalue weighted by atomic mass is 16.1. The Kier molecular flexibility index (Phi) is 3.27. The molecule has 0 aliphatic rings. The molecule has 0 spiro atoms. The molecule has 6 heteroatoms. The lowest BCUT2D eigenvalue weighted by Gasteiger charge is -2.03. The number of carbonyl (C=O) groups excluding carboxylic acids is 1. The Labute approximate surface area is 106 Å². The smallest absolute Gasteiger partial charge is 0.187 e. The van der Waals surface area contributed by atoms with Gasteiger partial charge in [0.1, 0.15) is 5.69 Å². The fourth-order valence-electron chi connectivity index (χ4n) is 2.03. The number of hydrogen-bond donors (Lipinski definition) is 0. The maximum absolute atomic E-state index is 12.2. The minimum atomic E-state index is 0.0288. The first-order valence-corrected chi connectivity index (χ1v) is 5.95. The molecular formula is C12H17N5O. The van der Waals surface area contributed by atoms with Crippen LogP contribution in [-0.2, 0) is 20.0 Å². The monoisotopic (exact) mass is 247 g/mol. The zero-order chi connectivity index (χ0) is 13.3. The lowest BCUT2D eigenvalue weighted by Crippen LogP contribution is -2.12. The number of aryl methyl sites for hydroxylation is 3. The summed E-state index contributed by atoms with van der Waals surface area (Å²) in [6, 6.07) is 0. The maximum Gasteiger partial charge on any atom is 0.187 e. The average molecular weight is 247 g/mol. The van der Waals surface area contributed by atoms with E-state index in [0.29, 0.717) is 18.7 Å². The van der Waals surface area contributed by atoms with Crippen LogP contribution in [0.2, 0.25) is 0 Å². The molecule has 0 aliphatic heterocycles. The normalized spacial score (nSPS) is 10.9. The Morgan fingerprint density at radius 2 is 2.11 bits per heavy atom. The molecule has 18 heavy (non-hydrogen) atoms. The Hall–Kier alpha value is -1.98. The summed E-state index contributed by atoms with van der Waals surface area (Å²) in [7, 11) is 1.88. The molecular weight excluding hydrogens is 230 g/mol. The summed E-state index contributed by atoms with van der Waals surface area (Å²) in [5.74, 6) is 0.0288. The van der Waals surface area contributed by atoms with Gasteiger partial charge in [-0.05, 0) is 20.8 Å². The molecule has 2 aromatic heterocycles. The number of ketones is 1. The Balaban J connectivity index is 2.27.